The number of Topliss-reactive ketones (excluding diaryl/α,β-unsaturated/α-hetero) is 1. The first-order valence-corrected chi connectivity index (χ1v) is 13.9. The number of hydrogen-bond donors (Lipinski definition) is 0. The van der Waals surface area contributed by atoms with E-state index in [1.807, 2.05) is 18.2 Å². The average Bonchev–Trinajstić information content (AvgIpc) is 3.14. The molecule has 40 heavy (non-hydrogen) atoms. The molecule has 0 bridgehead atoms. The van der Waals surface area contributed by atoms with Gasteiger partial charge in [-0.3, -0.25) is 14.6 Å². The molecule has 5 rings (SSSR count). The SMILES string of the molecule is O=C(CCC1CCN(Cc2ccccc2C(F)(F)F)CC1)c1ccc2c(c1)CN(Cc1ccc(F)cc1)CCO2. The smallest absolute Gasteiger partial charge is 0.416 e. The monoisotopic (exact) mass is 554 g/mol. The van der Waals surface area contributed by atoms with Crippen molar-refractivity contribution in [1.29, 1.82) is 0 Å². The van der Waals surface area contributed by atoms with Crippen LogP contribution in [0, 0.1) is 11.7 Å². The number of ketones is 1. The Morgan fingerprint density at radius 2 is 1.65 bits per heavy atom. The number of likely N-dealkylation sites (tertiary alicyclic amines) is 1. The molecule has 2 aliphatic rings. The quantitative estimate of drug-likeness (QED) is 0.219. The van der Waals surface area contributed by atoms with Crippen molar-refractivity contribution in [2.24, 2.45) is 5.92 Å². The van der Waals surface area contributed by atoms with Gasteiger partial charge in [0.2, 0.25) is 0 Å². The standard InChI is InChI=1S/C32H34F4N2O2/c33-28-9-5-24(6-10-28)20-38-17-18-40-31-12-8-25(19-27(31)22-38)30(39)11-7-23-13-15-37(16-14-23)21-26-3-1-2-4-29(26)32(34,35)36/h1-6,8-10,12,19,23H,7,11,13-18,20-22H2. The maximum atomic E-state index is 13.3. The maximum absolute atomic E-state index is 13.3. The minimum atomic E-state index is -4.35. The van der Waals surface area contributed by atoms with Crippen LogP contribution in [0.5, 0.6) is 5.75 Å². The average molecular weight is 555 g/mol. The molecule has 4 nitrogen and oxygen atoms in total. The molecular weight excluding hydrogens is 520 g/mol. The van der Waals surface area contributed by atoms with Gasteiger partial charge < -0.3 is 4.74 Å². The maximum Gasteiger partial charge on any atom is 0.416 e. The molecule has 1 saturated heterocycles. The number of hydrogen-bond acceptors (Lipinski definition) is 4. The van der Waals surface area contributed by atoms with Gasteiger partial charge in [-0.25, -0.2) is 4.39 Å². The van der Waals surface area contributed by atoms with Crippen molar-refractivity contribution in [3.8, 4) is 5.75 Å². The molecule has 0 amide bonds. The van der Waals surface area contributed by atoms with E-state index in [-0.39, 0.29) is 18.1 Å². The van der Waals surface area contributed by atoms with Gasteiger partial charge in [0.15, 0.2) is 5.78 Å². The van der Waals surface area contributed by atoms with Gasteiger partial charge in [0, 0.05) is 43.7 Å². The molecule has 0 spiro atoms. The normalized spacial score (nSPS) is 17.2. The fourth-order valence-electron chi connectivity index (χ4n) is 5.69. The predicted molar refractivity (Wildman–Crippen MR) is 145 cm³/mol. The highest BCUT2D eigenvalue weighted by Crippen LogP contribution is 2.33. The molecule has 2 heterocycles. The molecule has 0 aliphatic carbocycles. The van der Waals surface area contributed by atoms with Crippen molar-refractivity contribution in [3.63, 3.8) is 0 Å². The Bertz CT molecular complexity index is 1300. The van der Waals surface area contributed by atoms with E-state index in [0.29, 0.717) is 43.2 Å². The number of alkyl halides is 3. The van der Waals surface area contributed by atoms with Crippen LogP contribution in [-0.4, -0.2) is 41.8 Å². The van der Waals surface area contributed by atoms with E-state index in [1.165, 1.54) is 18.2 Å². The fourth-order valence-corrected chi connectivity index (χ4v) is 5.69. The number of ether oxygens (including phenoxy) is 1. The van der Waals surface area contributed by atoms with E-state index in [2.05, 4.69) is 9.80 Å². The van der Waals surface area contributed by atoms with Crippen molar-refractivity contribution >= 4 is 5.78 Å². The van der Waals surface area contributed by atoms with Crippen LogP contribution in [0.1, 0.15) is 58.3 Å². The minimum Gasteiger partial charge on any atom is -0.492 e. The molecule has 0 atom stereocenters. The van der Waals surface area contributed by atoms with Crippen LogP contribution < -0.4 is 4.74 Å². The van der Waals surface area contributed by atoms with E-state index < -0.39 is 11.7 Å². The molecule has 3 aromatic carbocycles. The molecule has 0 saturated carbocycles. The Labute approximate surface area is 232 Å². The van der Waals surface area contributed by atoms with Crippen LogP contribution in [0.2, 0.25) is 0 Å². The summed E-state index contributed by atoms with van der Waals surface area (Å²) in [7, 11) is 0. The van der Waals surface area contributed by atoms with E-state index >= 15 is 0 Å². The Kier molecular flexibility index (Phi) is 8.86. The van der Waals surface area contributed by atoms with E-state index in [0.717, 1.165) is 61.8 Å². The predicted octanol–water partition coefficient (Wildman–Crippen LogP) is 7.11. The van der Waals surface area contributed by atoms with E-state index in [9.17, 15) is 22.4 Å². The molecule has 1 fully saturated rings. The number of fused-ring (bicyclic) bond motifs is 1. The second kappa shape index (κ2) is 12.5. The lowest BCUT2D eigenvalue weighted by molar-refractivity contribution is -0.138. The Morgan fingerprint density at radius 1 is 0.900 bits per heavy atom. The summed E-state index contributed by atoms with van der Waals surface area (Å²) in [6.45, 7) is 4.33. The summed E-state index contributed by atoms with van der Waals surface area (Å²) in [6.07, 6.45) is -1.38. The van der Waals surface area contributed by atoms with Gasteiger partial charge >= 0.3 is 6.18 Å². The summed E-state index contributed by atoms with van der Waals surface area (Å²) in [5.74, 6) is 1.01. The number of piperidine rings is 1. The molecule has 212 valence electrons. The number of rotatable bonds is 8. The first kappa shape index (κ1) is 28.3. The van der Waals surface area contributed by atoms with Crippen molar-refractivity contribution in [1.82, 2.24) is 9.80 Å². The Balaban J connectivity index is 1.12. The number of nitrogens with zero attached hydrogens (tertiary/aromatic N) is 2. The van der Waals surface area contributed by atoms with Crippen LogP contribution in [0.4, 0.5) is 17.6 Å². The third kappa shape index (κ3) is 7.29. The Morgan fingerprint density at radius 3 is 2.40 bits per heavy atom. The van der Waals surface area contributed by atoms with Crippen LogP contribution >= 0.6 is 0 Å². The zero-order valence-corrected chi connectivity index (χ0v) is 22.4. The summed E-state index contributed by atoms with van der Waals surface area (Å²) in [6, 6.07) is 17.9. The fraction of sp³-hybridized carbons (Fsp3) is 0.406. The zero-order valence-electron chi connectivity index (χ0n) is 22.4. The van der Waals surface area contributed by atoms with Crippen LogP contribution in [-0.2, 0) is 25.8 Å². The van der Waals surface area contributed by atoms with Crippen LogP contribution in [0.3, 0.4) is 0 Å². The zero-order chi connectivity index (χ0) is 28.1. The molecule has 2 aliphatic heterocycles. The number of benzene rings is 3. The summed E-state index contributed by atoms with van der Waals surface area (Å²) < 4.78 is 59.2. The van der Waals surface area contributed by atoms with Gasteiger partial charge in [-0.05, 0) is 85.8 Å². The van der Waals surface area contributed by atoms with Crippen molar-refractivity contribution in [2.45, 2.75) is 51.5 Å². The number of carbonyl (C=O) groups is 1. The van der Waals surface area contributed by atoms with E-state index in [4.69, 9.17) is 4.74 Å². The van der Waals surface area contributed by atoms with Crippen molar-refractivity contribution < 1.29 is 27.1 Å². The van der Waals surface area contributed by atoms with Gasteiger partial charge in [-0.15, -0.1) is 0 Å². The van der Waals surface area contributed by atoms with Gasteiger partial charge in [0.1, 0.15) is 18.2 Å². The lowest BCUT2D eigenvalue weighted by Gasteiger charge is -2.32. The van der Waals surface area contributed by atoms with E-state index in [1.54, 1.807) is 24.3 Å². The highest BCUT2D eigenvalue weighted by Gasteiger charge is 2.33. The molecule has 0 radical (unpaired) electrons. The summed E-state index contributed by atoms with van der Waals surface area (Å²) in [4.78, 5) is 17.4. The molecule has 3 aromatic rings. The van der Waals surface area contributed by atoms with Crippen LogP contribution in [0.25, 0.3) is 0 Å². The highest BCUT2D eigenvalue weighted by atomic mass is 19.4. The number of halogens is 4. The van der Waals surface area contributed by atoms with Gasteiger partial charge in [-0.1, -0.05) is 30.3 Å². The first-order chi connectivity index (χ1) is 19.2. The summed E-state index contributed by atoms with van der Waals surface area (Å²) >= 11 is 0. The minimum absolute atomic E-state index is 0.0960. The molecule has 0 unspecified atom stereocenters. The molecular formula is C32H34F4N2O2. The number of carbonyl (C=O) groups excluding carboxylic acids is 1. The first-order valence-electron chi connectivity index (χ1n) is 13.9. The van der Waals surface area contributed by atoms with Crippen LogP contribution in [0.15, 0.2) is 66.7 Å². The summed E-state index contributed by atoms with van der Waals surface area (Å²) in [5.41, 5.74) is 2.41. The van der Waals surface area contributed by atoms with Crippen molar-refractivity contribution in [3.05, 3.63) is 100 Å². The Hall–Kier alpha value is -3.23. The lowest BCUT2D eigenvalue weighted by Crippen LogP contribution is -2.34. The third-order valence-corrected chi connectivity index (χ3v) is 7.96. The van der Waals surface area contributed by atoms with Crippen molar-refractivity contribution in [2.75, 3.05) is 26.2 Å². The topological polar surface area (TPSA) is 32.8 Å². The third-order valence-electron chi connectivity index (χ3n) is 7.96. The van der Waals surface area contributed by atoms with Gasteiger partial charge in [0.05, 0.1) is 5.56 Å². The lowest BCUT2D eigenvalue weighted by atomic mass is 9.90. The second-order valence-electron chi connectivity index (χ2n) is 10.8. The summed E-state index contributed by atoms with van der Waals surface area (Å²) in [5, 5.41) is 0. The largest absolute Gasteiger partial charge is 0.492 e. The molecule has 0 aromatic heterocycles. The molecule has 8 heteroatoms. The molecule has 0 N–H and O–H groups in total. The van der Waals surface area contributed by atoms with Gasteiger partial charge in [-0.2, -0.15) is 13.2 Å². The second-order valence-corrected chi connectivity index (χ2v) is 10.8. The highest BCUT2D eigenvalue weighted by molar-refractivity contribution is 5.96. The van der Waals surface area contributed by atoms with Gasteiger partial charge in [0.25, 0.3) is 0 Å².